The minimum absolute atomic E-state index is 0. The van der Waals surface area contributed by atoms with Gasteiger partial charge in [0.2, 0.25) is 0 Å². The minimum atomic E-state index is -1.07. The third kappa shape index (κ3) is 4.05. The van der Waals surface area contributed by atoms with E-state index >= 15 is 0 Å². The number of urea groups is 1. The Balaban J connectivity index is 0.00000256. The second-order valence-corrected chi connectivity index (χ2v) is 7.25. The zero-order valence-corrected chi connectivity index (χ0v) is 17.5. The molecule has 1 aliphatic rings. The summed E-state index contributed by atoms with van der Waals surface area (Å²) in [4.78, 5) is 30.1. The van der Waals surface area contributed by atoms with Crippen molar-refractivity contribution >= 4 is 54.3 Å². The zero-order chi connectivity index (χ0) is 20.5. The number of ketones is 1. The van der Waals surface area contributed by atoms with Crippen LogP contribution in [0.3, 0.4) is 0 Å². The number of Topliss-reactive ketones (excluding diaryl/α,β-unsaturated/α-hetero) is 1. The average molecular weight is 422 g/mol. The molecule has 4 rings (SSSR count). The molecule has 0 bridgehead atoms. The smallest absolute Gasteiger partial charge is 0.428 e. The van der Waals surface area contributed by atoms with Gasteiger partial charge in [0.05, 0.1) is 5.92 Å². The van der Waals surface area contributed by atoms with Crippen molar-refractivity contribution in [3.05, 3.63) is 66.0 Å². The Labute approximate surface area is 181 Å². The predicted octanol–water partition coefficient (Wildman–Crippen LogP) is 1.37. The third-order valence-corrected chi connectivity index (χ3v) is 5.39. The molecule has 9 heteroatoms. The number of hydrogen-bond acceptors (Lipinski definition) is 5. The lowest BCUT2D eigenvalue weighted by molar-refractivity contribution is -0.119. The standard InChI is InChI=1S/C21H21BN4O3.H2S/c1-26-21(28)25-19-5-4-15(10-18(19)22(26)29)17(11-23)20(27)9-13-2-3-16-12-24-7-6-14(16)8-13;/h2-8,10,12,17,29H,9,11,23H2,1H3,(H,25,28);1H2/t17-;/m1./s1. The normalized spacial score (nSPS) is 14.0. The molecule has 0 fully saturated rings. The molecule has 0 spiro atoms. The van der Waals surface area contributed by atoms with E-state index in [9.17, 15) is 14.6 Å². The van der Waals surface area contributed by atoms with Crippen LogP contribution in [0.15, 0.2) is 54.9 Å². The van der Waals surface area contributed by atoms with Crippen LogP contribution < -0.4 is 16.5 Å². The molecule has 1 atom stereocenters. The number of nitrogens with zero attached hydrogens (tertiary/aromatic N) is 2. The minimum Gasteiger partial charge on any atom is -0.428 e. The Morgan fingerprint density at radius 2 is 2.03 bits per heavy atom. The summed E-state index contributed by atoms with van der Waals surface area (Å²) in [7, 11) is 0.442. The number of rotatable bonds is 5. The van der Waals surface area contributed by atoms with Crippen molar-refractivity contribution in [2.75, 3.05) is 18.9 Å². The molecule has 0 unspecified atom stereocenters. The van der Waals surface area contributed by atoms with E-state index in [0.717, 1.165) is 21.9 Å². The van der Waals surface area contributed by atoms with Crippen molar-refractivity contribution in [3.8, 4) is 0 Å². The van der Waals surface area contributed by atoms with E-state index in [1.807, 2.05) is 24.3 Å². The molecular weight excluding hydrogens is 399 g/mol. The van der Waals surface area contributed by atoms with Crippen LogP contribution in [-0.2, 0) is 11.2 Å². The maximum absolute atomic E-state index is 13.0. The zero-order valence-electron chi connectivity index (χ0n) is 16.5. The highest BCUT2D eigenvalue weighted by atomic mass is 32.1. The van der Waals surface area contributed by atoms with Crippen LogP contribution in [-0.4, -0.2) is 47.3 Å². The van der Waals surface area contributed by atoms with Gasteiger partial charge >= 0.3 is 13.1 Å². The van der Waals surface area contributed by atoms with Gasteiger partial charge in [-0.3, -0.25) is 9.78 Å². The molecule has 3 aromatic rings. The largest absolute Gasteiger partial charge is 0.454 e. The topological polar surface area (TPSA) is 109 Å². The lowest BCUT2D eigenvalue weighted by Crippen LogP contribution is -2.56. The first-order chi connectivity index (χ1) is 14.0. The van der Waals surface area contributed by atoms with Gasteiger partial charge in [0.1, 0.15) is 5.78 Å². The van der Waals surface area contributed by atoms with E-state index < -0.39 is 13.0 Å². The van der Waals surface area contributed by atoms with Crippen LogP contribution in [0.25, 0.3) is 10.8 Å². The van der Waals surface area contributed by atoms with Crippen molar-refractivity contribution < 1.29 is 14.6 Å². The summed E-state index contributed by atoms with van der Waals surface area (Å²) in [6.07, 6.45) is 3.78. The monoisotopic (exact) mass is 422 g/mol. The van der Waals surface area contributed by atoms with Crippen LogP contribution >= 0.6 is 13.5 Å². The molecule has 0 aliphatic carbocycles. The summed E-state index contributed by atoms with van der Waals surface area (Å²) in [5, 5.41) is 15.2. The fraction of sp³-hybridized carbons (Fsp3) is 0.190. The SMILES string of the molecule is CN1B(O)c2cc([C@@H](CN)C(=O)Cc3ccc4cnccc4c3)ccc2NC1=O.S. The Morgan fingerprint density at radius 1 is 1.23 bits per heavy atom. The lowest BCUT2D eigenvalue weighted by Gasteiger charge is -2.29. The van der Waals surface area contributed by atoms with Crippen LogP contribution in [0.5, 0.6) is 0 Å². The quantitative estimate of drug-likeness (QED) is 0.539. The Hall–Kier alpha value is -2.88. The van der Waals surface area contributed by atoms with E-state index in [-0.39, 0.29) is 38.3 Å². The molecule has 1 aliphatic heterocycles. The molecule has 30 heavy (non-hydrogen) atoms. The van der Waals surface area contributed by atoms with Gasteiger partial charge in [-0.15, -0.1) is 0 Å². The van der Waals surface area contributed by atoms with Crippen molar-refractivity contribution in [3.63, 3.8) is 0 Å². The van der Waals surface area contributed by atoms with E-state index in [1.165, 1.54) is 11.9 Å². The summed E-state index contributed by atoms with van der Waals surface area (Å²) in [6.45, 7) is 0.160. The molecule has 0 saturated carbocycles. The number of pyridine rings is 1. The summed E-state index contributed by atoms with van der Waals surface area (Å²) >= 11 is 0. The molecular formula is C21H23BN4O3S. The molecule has 0 radical (unpaired) electrons. The molecule has 2 heterocycles. The maximum atomic E-state index is 13.0. The first-order valence-electron chi connectivity index (χ1n) is 9.39. The van der Waals surface area contributed by atoms with Crippen molar-refractivity contribution in [1.29, 1.82) is 0 Å². The number of carbonyl (C=O) groups is 2. The van der Waals surface area contributed by atoms with Crippen molar-refractivity contribution in [1.82, 2.24) is 9.79 Å². The van der Waals surface area contributed by atoms with Gasteiger partial charge in [-0.25, -0.2) is 4.79 Å². The number of hydrogen-bond donors (Lipinski definition) is 3. The summed E-state index contributed by atoms with van der Waals surface area (Å²) in [6, 6.07) is 12.6. The highest BCUT2D eigenvalue weighted by Crippen LogP contribution is 2.23. The van der Waals surface area contributed by atoms with Crippen LogP contribution in [0.4, 0.5) is 10.5 Å². The first-order valence-corrected chi connectivity index (χ1v) is 9.39. The van der Waals surface area contributed by atoms with Crippen LogP contribution in [0.2, 0.25) is 0 Å². The molecule has 7 nitrogen and oxygen atoms in total. The van der Waals surface area contributed by atoms with Gasteiger partial charge in [0.15, 0.2) is 0 Å². The van der Waals surface area contributed by atoms with Crippen molar-refractivity contribution in [2.24, 2.45) is 5.73 Å². The molecule has 0 saturated heterocycles. The Kier molecular flexibility index (Phi) is 6.45. The van der Waals surface area contributed by atoms with Gasteiger partial charge < -0.3 is 20.9 Å². The number of nitrogens with two attached hydrogens (primary N) is 1. The van der Waals surface area contributed by atoms with Gasteiger partial charge in [-0.05, 0) is 34.1 Å². The summed E-state index contributed by atoms with van der Waals surface area (Å²) in [5.41, 5.74) is 8.67. The van der Waals surface area contributed by atoms with Crippen molar-refractivity contribution in [2.45, 2.75) is 12.3 Å². The van der Waals surface area contributed by atoms with E-state index in [0.29, 0.717) is 11.2 Å². The van der Waals surface area contributed by atoms with E-state index in [4.69, 9.17) is 5.73 Å². The van der Waals surface area contributed by atoms with Gasteiger partial charge in [0, 0.05) is 43.5 Å². The molecule has 2 aromatic carbocycles. The van der Waals surface area contributed by atoms with E-state index in [2.05, 4.69) is 10.3 Å². The van der Waals surface area contributed by atoms with Gasteiger partial charge in [-0.1, -0.05) is 30.3 Å². The number of carbonyl (C=O) groups excluding carboxylic acids is 2. The van der Waals surface area contributed by atoms with E-state index in [1.54, 1.807) is 30.6 Å². The fourth-order valence-electron chi connectivity index (χ4n) is 3.67. The number of anilines is 1. The van der Waals surface area contributed by atoms with Crippen LogP contribution in [0.1, 0.15) is 17.0 Å². The highest BCUT2D eigenvalue weighted by molar-refractivity contribution is 7.59. The predicted molar refractivity (Wildman–Crippen MR) is 123 cm³/mol. The number of benzene rings is 2. The highest BCUT2D eigenvalue weighted by Gasteiger charge is 2.34. The third-order valence-electron chi connectivity index (χ3n) is 5.39. The molecule has 4 N–H and O–H groups in total. The average Bonchev–Trinajstić information content (AvgIpc) is 2.73. The number of aromatic nitrogens is 1. The summed E-state index contributed by atoms with van der Waals surface area (Å²) in [5.74, 6) is -0.493. The molecule has 154 valence electrons. The van der Waals surface area contributed by atoms with Gasteiger partial charge in [-0.2, -0.15) is 13.5 Å². The maximum Gasteiger partial charge on any atom is 0.454 e. The molecule has 1 aromatic heterocycles. The number of nitrogens with one attached hydrogen (secondary N) is 1. The Morgan fingerprint density at radius 3 is 2.80 bits per heavy atom. The Bertz CT molecular complexity index is 1110. The first kappa shape index (κ1) is 21.8. The van der Waals surface area contributed by atoms with Crippen LogP contribution in [0, 0.1) is 0 Å². The molecule has 2 amide bonds. The number of fused-ring (bicyclic) bond motifs is 2. The second-order valence-electron chi connectivity index (χ2n) is 7.25. The van der Waals surface area contributed by atoms with Gasteiger partial charge in [0.25, 0.3) is 0 Å². The summed E-state index contributed by atoms with van der Waals surface area (Å²) < 4.78 is 0. The number of amides is 2. The lowest BCUT2D eigenvalue weighted by atomic mass is 9.68. The second kappa shape index (κ2) is 8.87. The fourth-order valence-corrected chi connectivity index (χ4v) is 3.67.